The van der Waals surface area contributed by atoms with Gasteiger partial charge in [0.05, 0.1) is 0 Å². The Bertz CT molecular complexity index is 312. The van der Waals surface area contributed by atoms with Crippen molar-refractivity contribution in [3.05, 3.63) is 0 Å². The number of guanidine groups is 1. The standard InChI is InChI=1S/C9H13N3O/c1-10-8-11-7(13)9(12-8)3-2-5-4-6(5)9/h5-6H,2-4H2,1H3,(H2,10,11,12,13). The molecule has 4 nitrogen and oxygen atoms in total. The predicted octanol–water partition coefficient (Wildman–Crippen LogP) is -0.140. The zero-order valence-electron chi connectivity index (χ0n) is 7.63. The number of hydrogen-bond acceptors (Lipinski definition) is 2. The molecule has 3 atom stereocenters. The van der Waals surface area contributed by atoms with Gasteiger partial charge in [0.15, 0.2) is 5.96 Å². The van der Waals surface area contributed by atoms with E-state index in [1.165, 1.54) is 12.8 Å². The second-order valence-electron chi connectivity index (χ2n) is 4.26. The molecule has 2 saturated carbocycles. The van der Waals surface area contributed by atoms with Crippen molar-refractivity contribution in [2.75, 3.05) is 7.05 Å². The first kappa shape index (κ1) is 7.35. The van der Waals surface area contributed by atoms with Gasteiger partial charge in [-0.25, -0.2) is 0 Å². The van der Waals surface area contributed by atoms with Crippen molar-refractivity contribution in [3.63, 3.8) is 0 Å². The lowest BCUT2D eigenvalue weighted by atomic mass is 9.93. The fraction of sp³-hybridized carbons (Fsp3) is 0.778. The number of rotatable bonds is 0. The van der Waals surface area contributed by atoms with E-state index in [2.05, 4.69) is 15.6 Å². The second-order valence-corrected chi connectivity index (χ2v) is 4.26. The van der Waals surface area contributed by atoms with Gasteiger partial charge in [-0.05, 0) is 31.1 Å². The van der Waals surface area contributed by atoms with Crippen LogP contribution in [0, 0.1) is 11.8 Å². The number of amides is 1. The van der Waals surface area contributed by atoms with E-state index in [1.807, 2.05) is 0 Å². The maximum Gasteiger partial charge on any atom is 0.252 e. The molecule has 3 rings (SSSR count). The molecule has 1 saturated heterocycles. The van der Waals surface area contributed by atoms with E-state index >= 15 is 0 Å². The van der Waals surface area contributed by atoms with Crippen LogP contribution in [0.3, 0.4) is 0 Å². The Morgan fingerprint density at radius 1 is 1.62 bits per heavy atom. The third-order valence-electron chi connectivity index (χ3n) is 3.67. The maximum atomic E-state index is 11.8. The summed E-state index contributed by atoms with van der Waals surface area (Å²) in [5.74, 6) is 2.16. The number of nitrogens with one attached hydrogen (secondary N) is 2. The first-order chi connectivity index (χ1) is 6.26. The number of fused-ring (bicyclic) bond motifs is 2. The molecule has 0 aromatic heterocycles. The van der Waals surface area contributed by atoms with Crippen molar-refractivity contribution < 1.29 is 4.79 Å². The molecule has 3 aliphatic rings. The molecule has 2 N–H and O–H groups in total. The number of hydrogen-bond donors (Lipinski definition) is 2. The van der Waals surface area contributed by atoms with Crippen molar-refractivity contribution in [2.45, 2.75) is 24.8 Å². The van der Waals surface area contributed by atoms with Gasteiger partial charge in [-0.15, -0.1) is 0 Å². The summed E-state index contributed by atoms with van der Waals surface area (Å²) >= 11 is 0. The molecule has 1 heterocycles. The van der Waals surface area contributed by atoms with Crippen LogP contribution in [0.2, 0.25) is 0 Å². The molecule has 0 aromatic rings. The van der Waals surface area contributed by atoms with E-state index in [1.54, 1.807) is 7.05 Å². The lowest BCUT2D eigenvalue weighted by Gasteiger charge is -2.21. The fourth-order valence-corrected chi connectivity index (χ4v) is 2.84. The van der Waals surface area contributed by atoms with E-state index in [-0.39, 0.29) is 11.4 Å². The first-order valence-electron chi connectivity index (χ1n) is 4.83. The van der Waals surface area contributed by atoms with Gasteiger partial charge in [0.1, 0.15) is 5.54 Å². The minimum Gasteiger partial charge on any atom is -0.341 e. The molecule has 2 aliphatic carbocycles. The summed E-state index contributed by atoms with van der Waals surface area (Å²) in [6, 6.07) is 0. The van der Waals surface area contributed by atoms with Crippen molar-refractivity contribution in [1.29, 1.82) is 0 Å². The van der Waals surface area contributed by atoms with Crippen molar-refractivity contribution in [3.8, 4) is 0 Å². The van der Waals surface area contributed by atoms with E-state index in [0.29, 0.717) is 11.9 Å². The zero-order valence-corrected chi connectivity index (χ0v) is 7.63. The third kappa shape index (κ3) is 0.759. The van der Waals surface area contributed by atoms with E-state index in [4.69, 9.17) is 0 Å². The van der Waals surface area contributed by atoms with Crippen LogP contribution in [0.1, 0.15) is 19.3 Å². The van der Waals surface area contributed by atoms with Gasteiger partial charge < -0.3 is 5.32 Å². The summed E-state index contributed by atoms with van der Waals surface area (Å²) in [5.41, 5.74) is -0.278. The summed E-state index contributed by atoms with van der Waals surface area (Å²) in [5, 5.41) is 6.04. The topological polar surface area (TPSA) is 53.5 Å². The maximum absolute atomic E-state index is 11.8. The third-order valence-corrected chi connectivity index (χ3v) is 3.67. The number of carbonyl (C=O) groups excluding carboxylic acids is 1. The summed E-state index contributed by atoms with van der Waals surface area (Å²) in [4.78, 5) is 15.7. The van der Waals surface area contributed by atoms with Gasteiger partial charge in [-0.3, -0.25) is 15.1 Å². The van der Waals surface area contributed by atoms with Gasteiger partial charge in [0.2, 0.25) is 0 Å². The largest absolute Gasteiger partial charge is 0.341 e. The Kier molecular flexibility index (Phi) is 1.16. The van der Waals surface area contributed by atoms with E-state index in [9.17, 15) is 4.79 Å². The molecular weight excluding hydrogens is 166 g/mol. The summed E-state index contributed by atoms with van der Waals surface area (Å²) in [6.07, 6.45) is 3.40. The average molecular weight is 179 g/mol. The van der Waals surface area contributed by atoms with Gasteiger partial charge in [0, 0.05) is 7.05 Å². The first-order valence-corrected chi connectivity index (χ1v) is 4.83. The SMILES string of the molecule is CN=C1NC(=O)C2(CCC3CC32)N1. The molecule has 1 spiro atoms. The van der Waals surface area contributed by atoms with Crippen LogP contribution in [-0.2, 0) is 4.79 Å². The molecule has 3 unspecified atom stereocenters. The van der Waals surface area contributed by atoms with E-state index in [0.717, 1.165) is 12.3 Å². The van der Waals surface area contributed by atoms with Crippen LogP contribution in [0.4, 0.5) is 0 Å². The van der Waals surface area contributed by atoms with Gasteiger partial charge in [-0.2, -0.15) is 0 Å². The molecule has 3 fully saturated rings. The van der Waals surface area contributed by atoms with Crippen molar-refractivity contribution in [1.82, 2.24) is 10.6 Å². The van der Waals surface area contributed by atoms with Crippen LogP contribution >= 0.6 is 0 Å². The fourth-order valence-electron chi connectivity index (χ4n) is 2.84. The Hall–Kier alpha value is -1.06. The molecule has 1 amide bonds. The highest BCUT2D eigenvalue weighted by atomic mass is 16.2. The van der Waals surface area contributed by atoms with Gasteiger partial charge in [-0.1, -0.05) is 0 Å². The second kappa shape index (κ2) is 2.05. The van der Waals surface area contributed by atoms with Crippen LogP contribution in [0.5, 0.6) is 0 Å². The number of aliphatic imine (C=N–C) groups is 1. The minimum absolute atomic E-state index is 0.137. The number of carbonyl (C=O) groups is 1. The van der Waals surface area contributed by atoms with Gasteiger partial charge in [0.25, 0.3) is 5.91 Å². The molecular formula is C9H13N3O. The Morgan fingerprint density at radius 3 is 2.92 bits per heavy atom. The lowest BCUT2D eigenvalue weighted by molar-refractivity contribution is -0.124. The quantitative estimate of drug-likeness (QED) is 0.544. The van der Waals surface area contributed by atoms with Crippen LogP contribution in [0.15, 0.2) is 4.99 Å². The zero-order chi connectivity index (χ0) is 9.05. The minimum atomic E-state index is -0.278. The highest BCUT2D eigenvalue weighted by molar-refractivity contribution is 6.09. The molecule has 0 aromatic carbocycles. The average Bonchev–Trinajstić information content (AvgIpc) is 2.75. The Morgan fingerprint density at radius 2 is 2.46 bits per heavy atom. The Balaban J connectivity index is 1.95. The van der Waals surface area contributed by atoms with Crippen molar-refractivity contribution >= 4 is 11.9 Å². The molecule has 1 aliphatic heterocycles. The summed E-state index contributed by atoms with van der Waals surface area (Å²) < 4.78 is 0. The monoisotopic (exact) mass is 179 g/mol. The number of nitrogens with zero attached hydrogens (tertiary/aromatic N) is 1. The predicted molar refractivity (Wildman–Crippen MR) is 48.2 cm³/mol. The molecule has 70 valence electrons. The van der Waals surface area contributed by atoms with Crippen LogP contribution < -0.4 is 10.6 Å². The summed E-state index contributed by atoms with van der Waals surface area (Å²) in [7, 11) is 1.70. The van der Waals surface area contributed by atoms with E-state index < -0.39 is 0 Å². The molecule has 13 heavy (non-hydrogen) atoms. The molecule has 0 bridgehead atoms. The highest BCUT2D eigenvalue weighted by Gasteiger charge is 2.64. The van der Waals surface area contributed by atoms with Crippen molar-refractivity contribution in [2.24, 2.45) is 16.8 Å². The molecule has 4 heteroatoms. The highest BCUT2D eigenvalue weighted by Crippen LogP contribution is 2.58. The van der Waals surface area contributed by atoms with Crippen LogP contribution in [0.25, 0.3) is 0 Å². The Labute approximate surface area is 76.8 Å². The summed E-state index contributed by atoms with van der Waals surface area (Å²) in [6.45, 7) is 0. The smallest absolute Gasteiger partial charge is 0.252 e. The molecule has 0 radical (unpaired) electrons. The van der Waals surface area contributed by atoms with Gasteiger partial charge >= 0.3 is 0 Å². The lowest BCUT2D eigenvalue weighted by Crippen LogP contribution is -2.47. The normalized spacial score (nSPS) is 49.3. The van der Waals surface area contributed by atoms with Crippen LogP contribution in [-0.4, -0.2) is 24.5 Å².